The van der Waals surface area contributed by atoms with E-state index in [1.54, 1.807) is 127 Å². The second-order valence-corrected chi connectivity index (χ2v) is 36.6. The number of carbonyl (C=O) groups is 12. The first-order chi connectivity index (χ1) is 59.7. The molecule has 0 spiro atoms. The SMILES string of the molecule is CC(=O)O.CC(=O)O.CC(=O)O.CC(=O)O.CC(=O)O.CC(=O)O.CC(C)(C)OC(=O)c1ccnc(-c2cc(C(=O)OC(C)(C)C)ccn2)c1.CCCCC(CC)COC(=O)c1ccnc(-c2cc(C(=O)OCC(CC)CCCC)ccn2)c1.CCOCCOCCOC(=O)c1ccnc(-c2cc(C(=O)OCCOCCOCC)ccn2)c1.[Cl][Pt][Cl].[Cl][Pt][Cl].[Cl][Pt][Cl]. The molecule has 0 aliphatic heterocycles. The van der Waals surface area contributed by atoms with Crippen LogP contribution in [0, 0.1) is 11.8 Å². The Balaban J connectivity index is -0.000000367. The number of pyridine rings is 6. The number of aliphatic carboxylic acids is 6. The number of nitrogens with zero attached hydrogens (tertiary/aromatic N) is 6. The summed E-state index contributed by atoms with van der Waals surface area (Å²) < 4.78 is 53.3. The maximum atomic E-state index is 12.6. The number of hydrogen-bond donors (Lipinski definition) is 6. The number of esters is 6. The average Bonchev–Trinajstić information content (AvgIpc) is 0.777. The quantitative estimate of drug-likeness (QED) is 0.0122. The molecule has 726 valence electrons. The van der Waals surface area contributed by atoms with Gasteiger partial charge in [-0.2, -0.15) is 0 Å². The van der Waals surface area contributed by atoms with Crippen LogP contribution in [-0.2, 0) is 126 Å². The standard InChI is InChI=1S/C28H40N2O4.C24H32N2O8.C20H24N2O4.6C2H4O2.6ClH.3Pt/c1-5-9-11-21(7-3)19-33-27(31)23-13-15-29-25(17-23)26-18-24(14-16-30-26)28(32)34-20-22(8-4)12-10-6-2;1-3-29-9-11-31-13-15-33-23(27)19-5-7-25-21(17-19)22-18-20(6-8-26-22)24(28)34-16-14-32-12-10-30-4-2;1-19(2,3)25-17(23)13-7-9-21-15(11-13)16-12-14(8-10-22-16)18(24)26-20(4,5)6;6*1-2(3)4;;;;;;;;;/h13-18,21-22H,5-12,19-20H2,1-4H3;5-8,17-18H,3-4,9-16H2,1-2H3;7-12H,1-6H3;6*1H3,(H,3,4);6*1H;;;/q;;;;;;;;;;;;;;;3*+2/p-6. The summed E-state index contributed by atoms with van der Waals surface area (Å²) in [5, 5.41) is 44.5. The summed E-state index contributed by atoms with van der Waals surface area (Å²) in [7, 11) is 29.2. The zero-order valence-corrected chi connectivity index (χ0v) is 85.6. The Labute approximate surface area is 792 Å². The number of carbonyl (C=O) groups excluding carboxylic acids is 6. The molecule has 6 aromatic heterocycles. The van der Waals surface area contributed by atoms with E-state index in [1.807, 2.05) is 13.8 Å². The van der Waals surface area contributed by atoms with Gasteiger partial charge in [-0.05, 0) is 153 Å². The topological polar surface area (TPSA) is 496 Å². The predicted octanol–water partition coefficient (Wildman–Crippen LogP) is 18.2. The first kappa shape index (κ1) is 130. The third-order valence-electron chi connectivity index (χ3n) is 13.6. The Morgan fingerprint density at radius 2 is 0.496 bits per heavy atom. The molecule has 0 aliphatic rings. The first-order valence-electron chi connectivity index (χ1n) is 38.6. The molecule has 0 aliphatic carbocycles. The molecule has 43 heteroatoms. The third-order valence-corrected chi connectivity index (χ3v) is 13.6. The summed E-state index contributed by atoms with van der Waals surface area (Å²) in [4.78, 5) is 154. The van der Waals surface area contributed by atoms with Crippen molar-refractivity contribution in [3.63, 3.8) is 0 Å². The van der Waals surface area contributed by atoms with Crippen molar-refractivity contribution >= 4 is 128 Å². The molecule has 6 heterocycles. The van der Waals surface area contributed by atoms with E-state index in [4.69, 9.17) is 163 Å². The van der Waals surface area contributed by atoms with Gasteiger partial charge in [-0.15, -0.1) is 0 Å². The molecule has 0 amide bonds. The molecule has 2 unspecified atom stereocenters. The summed E-state index contributed by atoms with van der Waals surface area (Å²) in [6, 6.07) is 19.1. The maximum absolute atomic E-state index is 12.6. The predicted molar refractivity (Wildman–Crippen MR) is 470 cm³/mol. The number of aromatic nitrogens is 6. The summed E-state index contributed by atoms with van der Waals surface area (Å²) >= 11 is -1.42. The fraction of sp³-hybridized carbons (Fsp3) is 0.500. The molecule has 34 nitrogen and oxygen atoms in total. The summed E-state index contributed by atoms with van der Waals surface area (Å²) in [6.07, 6.45) is 17.7. The van der Waals surface area contributed by atoms with Crippen LogP contribution in [0.15, 0.2) is 110 Å². The van der Waals surface area contributed by atoms with Gasteiger partial charge in [-0.3, -0.25) is 58.7 Å². The minimum atomic E-state index is -0.833. The number of halogens is 6. The average molecular weight is 2460 g/mol. The molecule has 6 aromatic rings. The van der Waals surface area contributed by atoms with Crippen LogP contribution in [0.25, 0.3) is 34.2 Å². The number of ether oxygens (including phenoxy) is 10. The van der Waals surface area contributed by atoms with Crippen molar-refractivity contribution < 1.29 is 185 Å². The molecule has 0 fully saturated rings. The van der Waals surface area contributed by atoms with Gasteiger partial charge in [-0.25, -0.2) is 28.8 Å². The zero-order valence-electron chi connectivity index (χ0n) is 74.3. The van der Waals surface area contributed by atoms with Crippen molar-refractivity contribution in [2.24, 2.45) is 11.8 Å². The zero-order chi connectivity index (χ0) is 98.3. The molecule has 0 saturated carbocycles. The van der Waals surface area contributed by atoms with E-state index in [0.29, 0.717) is 132 Å². The number of carboxylic acids is 6. The Kier molecular flexibility index (Phi) is 85.7. The van der Waals surface area contributed by atoms with Crippen LogP contribution in [0.5, 0.6) is 0 Å². The Morgan fingerprint density at radius 3 is 0.677 bits per heavy atom. The number of rotatable bonds is 35. The molecule has 2 atom stereocenters. The normalized spacial score (nSPS) is 10.4. The van der Waals surface area contributed by atoms with Gasteiger partial charge >= 0.3 is 142 Å². The van der Waals surface area contributed by atoms with Crippen LogP contribution in [0.1, 0.15) is 238 Å². The summed E-state index contributed by atoms with van der Waals surface area (Å²) in [6.45, 7) is 34.5. The molecule has 0 aromatic carbocycles. The summed E-state index contributed by atoms with van der Waals surface area (Å²) in [5.74, 6) is -6.87. The van der Waals surface area contributed by atoms with E-state index in [9.17, 15) is 28.8 Å². The van der Waals surface area contributed by atoms with Gasteiger partial charge < -0.3 is 78.0 Å². The Morgan fingerprint density at radius 1 is 0.315 bits per heavy atom. The Hall–Kier alpha value is -7.82. The van der Waals surface area contributed by atoms with Crippen LogP contribution in [0.4, 0.5) is 0 Å². The number of unbranched alkanes of at least 4 members (excludes halogenated alkanes) is 2. The van der Waals surface area contributed by atoms with E-state index in [1.165, 1.54) is 24.8 Å². The van der Waals surface area contributed by atoms with Gasteiger partial charge in [0.1, 0.15) is 24.4 Å². The number of hydrogen-bond acceptors (Lipinski definition) is 28. The van der Waals surface area contributed by atoms with Crippen LogP contribution in [0.2, 0.25) is 0 Å². The van der Waals surface area contributed by atoms with Gasteiger partial charge in [0.15, 0.2) is 0 Å². The molecule has 0 radical (unpaired) electrons. The van der Waals surface area contributed by atoms with E-state index >= 15 is 0 Å². The monoisotopic (exact) mass is 2460 g/mol. The molecule has 0 bridgehead atoms. The van der Waals surface area contributed by atoms with Crippen molar-refractivity contribution in [3.8, 4) is 34.2 Å². The second kappa shape index (κ2) is 83.8. The van der Waals surface area contributed by atoms with Crippen LogP contribution in [-0.4, -0.2) is 223 Å². The fourth-order valence-electron chi connectivity index (χ4n) is 8.49. The van der Waals surface area contributed by atoms with Crippen molar-refractivity contribution in [3.05, 3.63) is 143 Å². The van der Waals surface area contributed by atoms with E-state index in [-0.39, 0.29) is 38.4 Å². The molecule has 6 rings (SSSR count). The first-order valence-corrected chi connectivity index (χ1v) is 55.5. The summed E-state index contributed by atoms with van der Waals surface area (Å²) in [5.41, 5.74) is 3.86. The van der Waals surface area contributed by atoms with Gasteiger partial charge in [0.2, 0.25) is 0 Å². The van der Waals surface area contributed by atoms with Crippen LogP contribution < -0.4 is 0 Å². The number of carboxylic acid groups (broad SMARTS) is 6. The van der Waals surface area contributed by atoms with E-state index in [2.05, 4.69) is 57.6 Å². The van der Waals surface area contributed by atoms with Crippen molar-refractivity contribution in [1.82, 2.24) is 29.9 Å². The van der Waals surface area contributed by atoms with Gasteiger partial charge in [0, 0.05) is 91.9 Å². The second-order valence-electron chi connectivity index (χ2n) is 26.8. The Bertz CT molecular complexity index is 3730. The molecule has 0 saturated heterocycles. The molecule has 6 N–H and O–H groups in total. The van der Waals surface area contributed by atoms with Crippen LogP contribution >= 0.6 is 56.5 Å². The van der Waals surface area contributed by atoms with Crippen molar-refractivity contribution in [2.45, 2.75) is 187 Å². The van der Waals surface area contributed by atoms with E-state index in [0.717, 1.165) is 92.9 Å². The molecular formula is C84H120Cl6N6O28Pt3. The molecular weight excluding hydrogens is 2340 g/mol. The third kappa shape index (κ3) is 83.5. The fourth-order valence-corrected chi connectivity index (χ4v) is 8.49. The van der Waals surface area contributed by atoms with Gasteiger partial charge in [-0.1, -0.05) is 66.2 Å². The van der Waals surface area contributed by atoms with Crippen LogP contribution in [0.3, 0.4) is 0 Å². The van der Waals surface area contributed by atoms with Crippen molar-refractivity contribution in [1.29, 1.82) is 0 Å². The minimum absolute atomic E-state index is 0.123. The van der Waals surface area contributed by atoms with Crippen molar-refractivity contribution in [2.75, 3.05) is 79.3 Å². The molecule has 127 heavy (non-hydrogen) atoms. The van der Waals surface area contributed by atoms with Gasteiger partial charge in [0.05, 0.1) is 120 Å². The van der Waals surface area contributed by atoms with E-state index < -0.39 is 120 Å². The van der Waals surface area contributed by atoms with Gasteiger partial charge in [0.25, 0.3) is 35.8 Å².